The summed E-state index contributed by atoms with van der Waals surface area (Å²) in [4.78, 5) is 15.1. The fraction of sp³-hybridized carbons (Fsp3) is 0.565. The highest BCUT2D eigenvalue weighted by atomic mass is 16.2. The van der Waals surface area contributed by atoms with Crippen LogP contribution in [0, 0.1) is 0 Å². The van der Waals surface area contributed by atoms with Crippen molar-refractivity contribution >= 4 is 5.91 Å². The first-order chi connectivity index (χ1) is 13.8. The van der Waals surface area contributed by atoms with Crippen LogP contribution in [0.1, 0.15) is 59.9 Å². The van der Waals surface area contributed by atoms with E-state index in [0.717, 1.165) is 64.7 Å². The Kier molecular flexibility index (Phi) is 6.10. The Labute approximate surface area is 168 Å². The second-order valence-electron chi connectivity index (χ2n) is 8.07. The monoisotopic (exact) mass is 380 g/mol. The molecule has 0 spiro atoms. The smallest absolute Gasteiger partial charge is 0.274 e. The van der Waals surface area contributed by atoms with Gasteiger partial charge in [-0.2, -0.15) is 5.10 Å². The lowest BCUT2D eigenvalue weighted by Gasteiger charge is -2.27. The molecule has 0 radical (unpaired) electrons. The molecule has 2 aromatic rings. The van der Waals surface area contributed by atoms with Crippen LogP contribution in [0.4, 0.5) is 0 Å². The minimum absolute atomic E-state index is 0.146. The van der Waals surface area contributed by atoms with Crippen LogP contribution in [0.2, 0.25) is 0 Å². The number of amides is 1. The van der Waals surface area contributed by atoms with Gasteiger partial charge in [-0.05, 0) is 64.0 Å². The number of carbonyl (C=O) groups is 1. The normalized spacial score (nSPS) is 19.5. The molecule has 1 aromatic heterocycles. The van der Waals surface area contributed by atoms with E-state index in [1.54, 1.807) is 0 Å². The predicted molar refractivity (Wildman–Crippen MR) is 112 cm³/mol. The zero-order chi connectivity index (χ0) is 19.3. The lowest BCUT2D eigenvalue weighted by molar-refractivity contribution is 0.0716. The van der Waals surface area contributed by atoms with Gasteiger partial charge in [-0.3, -0.25) is 9.48 Å². The second kappa shape index (κ2) is 8.91. The highest BCUT2D eigenvalue weighted by Gasteiger charge is 2.31. The van der Waals surface area contributed by atoms with E-state index in [0.29, 0.717) is 11.7 Å². The minimum atomic E-state index is 0.146. The number of nitrogens with zero attached hydrogens (tertiary/aromatic N) is 3. The number of likely N-dealkylation sites (tertiary alicyclic amines) is 1. The van der Waals surface area contributed by atoms with Crippen LogP contribution in [0.25, 0.3) is 0 Å². The largest absolute Gasteiger partial charge is 0.337 e. The molecule has 0 saturated carbocycles. The van der Waals surface area contributed by atoms with Crippen molar-refractivity contribution in [1.82, 2.24) is 20.0 Å². The third kappa shape index (κ3) is 4.14. The standard InChI is InChI=1S/C23H32N4O/c1-2-27-21-12-11-19(24-14-13-18-9-5-3-6-10-18)17-20(21)22(25-27)23(28)26-15-7-4-8-16-26/h3,5-6,9-10,19,24H,2,4,7-8,11-17H2,1H3. The molecular weight excluding hydrogens is 348 g/mol. The van der Waals surface area contributed by atoms with E-state index in [2.05, 4.69) is 47.3 Å². The van der Waals surface area contributed by atoms with Gasteiger partial charge in [0.25, 0.3) is 5.91 Å². The fourth-order valence-corrected chi connectivity index (χ4v) is 4.61. The number of hydrogen-bond donors (Lipinski definition) is 1. The number of aryl methyl sites for hydroxylation is 1. The summed E-state index contributed by atoms with van der Waals surface area (Å²) in [5.41, 5.74) is 4.56. The van der Waals surface area contributed by atoms with Crippen LogP contribution >= 0.6 is 0 Å². The molecular formula is C23H32N4O. The van der Waals surface area contributed by atoms with Crippen molar-refractivity contribution in [2.75, 3.05) is 19.6 Å². The van der Waals surface area contributed by atoms with Crippen molar-refractivity contribution in [3.8, 4) is 0 Å². The fourth-order valence-electron chi connectivity index (χ4n) is 4.61. The van der Waals surface area contributed by atoms with E-state index < -0.39 is 0 Å². The minimum Gasteiger partial charge on any atom is -0.337 e. The highest BCUT2D eigenvalue weighted by Crippen LogP contribution is 2.26. The number of nitrogens with one attached hydrogen (secondary N) is 1. The van der Waals surface area contributed by atoms with E-state index in [-0.39, 0.29) is 5.91 Å². The molecule has 5 heteroatoms. The number of fused-ring (bicyclic) bond motifs is 1. The first kappa shape index (κ1) is 19.2. The maximum Gasteiger partial charge on any atom is 0.274 e. The van der Waals surface area contributed by atoms with Gasteiger partial charge >= 0.3 is 0 Å². The summed E-state index contributed by atoms with van der Waals surface area (Å²) in [7, 11) is 0. The first-order valence-electron chi connectivity index (χ1n) is 10.9. The van der Waals surface area contributed by atoms with Gasteiger partial charge in [0.15, 0.2) is 5.69 Å². The third-order valence-corrected chi connectivity index (χ3v) is 6.18. The molecule has 1 unspecified atom stereocenters. The Hall–Kier alpha value is -2.14. The Morgan fingerprint density at radius 3 is 2.71 bits per heavy atom. The summed E-state index contributed by atoms with van der Waals surface area (Å²) >= 11 is 0. The molecule has 1 amide bonds. The molecule has 4 rings (SSSR count). The maximum absolute atomic E-state index is 13.1. The summed E-state index contributed by atoms with van der Waals surface area (Å²) in [5.74, 6) is 0.146. The Morgan fingerprint density at radius 1 is 1.18 bits per heavy atom. The quantitative estimate of drug-likeness (QED) is 0.837. The SMILES string of the molecule is CCn1nc(C(=O)N2CCCCC2)c2c1CCC(NCCc1ccccc1)C2. The molecule has 28 heavy (non-hydrogen) atoms. The average molecular weight is 381 g/mol. The molecule has 0 bridgehead atoms. The van der Waals surface area contributed by atoms with E-state index in [1.165, 1.54) is 23.2 Å². The first-order valence-corrected chi connectivity index (χ1v) is 10.9. The second-order valence-corrected chi connectivity index (χ2v) is 8.07. The Morgan fingerprint density at radius 2 is 1.96 bits per heavy atom. The van der Waals surface area contributed by atoms with Crippen molar-refractivity contribution in [1.29, 1.82) is 0 Å². The average Bonchev–Trinajstić information content (AvgIpc) is 3.12. The van der Waals surface area contributed by atoms with Gasteiger partial charge in [0.05, 0.1) is 0 Å². The number of aromatic nitrogens is 2. The van der Waals surface area contributed by atoms with Gasteiger partial charge in [0, 0.05) is 36.9 Å². The zero-order valence-corrected chi connectivity index (χ0v) is 17.0. The molecule has 1 saturated heterocycles. The summed E-state index contributed by atoms with van der Waals surface area (Å²) < 4.78 is 2.06. The van der Waals surface area contributed by atoms with Crippen molar-refractivity contribution in [2.24, 2.45) is 0 Å². The van der Waals surface area contributed by atoms with Crippen molar-refractivity contribution in [2.45, 2.75) is 64.5 Å². The van der Waals surface area contributed by atoms with Gasteiger partial charge in [-0.1, -0.05) is 30.3 Å². The molecule has 1 aliphatic heterocycles. The van der Waals surface area contributed by atoms with Crippen LogP contribution in [0.5, 0.6) is 0 Å². The predicted octanol–water partition coefficient (Wildman–Crippen LogP) is 3.22. The van der Waals surface area contributed by atoms with Crippen molar-refractivity contribution in [3.05, 3.63) is 52.8 Å². The molecule has 1 aromatic carbocycles. The van der Waals surface area contributed by atoms with Crippen molar-refractivity contribution < 1.29 is 4.79 Å². The van der Waals surface area contributed by atoms with Gasteiger partial charge in [-0.15, -0.1) is 0 Å². The summed E-state index contributed by atoms with van der Waals surface area (Å²) in [6.45, 7) is 5.69. The highest BCUT2D eigenvalue weighted by molar-refractivity contribution is 5.94. The van der Waals surface area contributed by atoms with Crippen LogP contribution < -0.4 is 5.32 Å². The number of carbonyl (C=O) groups excluding carboxylic acids is 1. The number of piperidine rings is 1. The summed E-state index contributed by atoms with van der Waals surface area (Å²) in [6, 6.07) is 11.0. The third-order valence-electron chi connectivity index (χ3n) is 6.18. The van der Waals surface area contributed by atoms with E-state index in [1.807, 2.05) is 4.90 Å². The number of hydrogen-bond acceptors (Lipinski definition) is 3. The Balaban J connectivity index is 1.44. The molecule has 1 fully saturated rings. The van der Waals surface area contributed by atoms with Crippen molar-refractivity contribution in [3.63, 3.8) is 0 Å². The van der Waals surface area contributed by atoms with E-state index in [4.69, 9.17) is 5.10 Å². The lowest BCUT2D eigenvalue weighted by atomic mass is 9.90. The zero-order valence-electron chi connectivity index (χ0n) is 17.0. The topological polar surface area (TPSA) is 50.2 Å². The van der Waals surface area contributed by atoms with Gasteiger partial charge in [-0.25, -0.2) is 0 Å². The lowest BCUT2D eigenvalue weighted by Crippen LogP contribution is -2.38. The molecule has 1 aliphatic carbocycles. The molecule has 1 atom stereocenters. The van der Waals surface area contributed by atoms with E-state index in [9.17, 15) is 4.79 Å². The number of rotatable bonds is 6. The Bertz CT molecular complexity index is 792. The van der Waals surface area contributed by atoms with Gasteiger partial charge in [0.1, 0.15) is 0 Å². The van der Waals surface area contributed by atoms with Crippen LogP contribution in [-0.2, 0) is 25.8 Å². The molecule has 2 aliphatic rings. The molecule has 1 N–H and O–H groups in total. The summed E-state index contributed by atoms with van der Waals surface area (Å²) in [5, 5.41) is 8.47. The number of benzene rings is 1. The van der Waals surface area contributed by atoms with Crippen LogP contribution in [-0.4, -0.2) is 46.3 Å². The van der Waals surface area contributed by atoms with E-state index >= 15 is 0 Å². The summed E-state index contributed by atoms with van der Waals surface area (Å²) in [6.07, 6.45) is 7.55. The van der Waals surface area contributed by atoms with Gasteiger partial charge in [0.2, 0.25) is 0 Å². The van der Waals surface area contributed by atoms with Gasteiger partial charge < -0.3 is 10.2 Å². The molecule has 150 valence electrons. The van der Waals surface area contributed by atoms with Crippen LogP contribution in [0.15, 0.2) is 30.3 Å². The molecule has 5 nitrogen and oxygen atoms in total. The maximum atomic E-state index is 13.1. The molecule has 2 heterocycles. The van der Waals surface area contributed by atoms with Crippen LogP contribution in [0.3, 0.4) is 0 Å².